The maximum absolute atomic E-state index is 13.5. The van der Waals surface area contributed by atoms with Crippen LogP contribution < -0.4 is 0 Å². The molecule has 0 aromatic rings. The zero-order chi connectivity index (χ0) is 14.0. The minimum absolute atomic E-state index is 0.168. The Morgan fingerprint density at radius 2 is 1.53 bits per heavy atom. The van der Waals surface area contributed by atoms with Crippen molar-refractivity contribution in [3.05, 3.63) is 0 Å². The average molecular weight is 282 g/mol. The number of alkyl halides is 4. The van der Waals surface area contributed by atoms with Crippen LogP contribution in [0.25, 0.3) is 0 Å². The van der Waals surface area contributed by atoms with Gasteiger partial charge in [-0.05, 0) is 37.0 Å². The highest BCUT2D eigenvalue weighted by Gasteiger charge is 2.81. The number of halogens is 4. The van der Waals surface area contributed by atoms with Crippen molar-refractivity contribution in [3.63, 3.8) is 0 Å². The van der Waals surface area contributed by atoms with E-state index in [9.17, 15) is 17.6 Å². The van der Waals surface area contributed by atoms with Crippen molar-refractivity contribution in [2.45, 2.75) is 56.3 Å². The zero-order valence-electron chi connectivity index (χ0n) is 10.9. The van der Waals surface area contributed by atoms with Crippen molar-refractivity contribution in [3.8, 4) is 0 Å². The van der Waals surface area contributed by atoms with E-state index in [0.717, 1.165) is 26.4 Å². The second-order valence-corrected chi connectivity index (χ2v) is 6.12. The Kier molecular flexibility index (Phi) is 2.92. The summed E-state index contributed by atoms with van der Waals surface area (Å²) in [5, 5.41) is 0. The third-order valence-electron chi connectivity index (χ3n) is 5.23. The summed E-state index contributed by atoms with van der Waals surface area (Å²) in [4.78, 5) is 0. The summed E-state index contributed by atoms with van der Waals surface area (Å²) in [7, 11) is 1.02. The first-order valence-electron chi connectivity index (χ1n) is 6.74. The van der Waals surface area contributed by atoms with E-state index in [1.165, 1.54) is 0 Å². The molecule has 0 heterocycles. The molecule has 0 saturated heterocycles. The Labute approximate surface area is 109 Å². The number of methoxy groups -OCH3 is 1. The monoisotopic (exact) mass is 282 g/mol. The molecule has 2 bridgehead atoms. The van der Waals surface area contributed by atoms with Gasteiger partial charge in [0, 0.05) is 7.11 Å². The van der Waals surface area contributed by atoms with Gasteiger partial charge in [0.1, 0.15) is 0 Å². The molecule has 6 unspecified atom stereocenters. The number of fused-ring (bicyclic) bond motifs is 2. The quantitative estimate of drug-likeness (QED) is 0.741. The van der Waals surface area contributed by atoms with Crippen molar-refractivity contribution in [2.24, 2.45) is 17.8 Å². The van der Waals surface area contributed by atoms with Gasteiger partial charge in [-0.15, -0.1) is 0 Å². The van der Waals surface area contributed by atoms with Crippen LogP contribution in [0.1, 0.15) is 26.2 Å². The summed E-state index contributed by atoms with van der Waals surface area (Å²) >= 11 is 0. The van der Waals surface area contributed by atoms with Gasteiger partial charge in [-0.25, -0.2) is 0 Å². The third kappa shape index (κ3) is 1.62. The predicted molar refractivity (Wildman–Crippen MR) is 59.3 cm³/mol. The van der Waals surface area contributed by atoms with Crippen LogP contribution in [0.5, 0.6) is 0 Å². The average Bonchev–Trinajstić information content (AvgIpc) is 2.91. The fourth-order valence-electron chi connectivity index (χ4n) is 4.02. The molecule has 3 aliphatic carbocycles. The number of rotatable bonds is 3. The van der Waals surface area contributed by atoms with Crippen molar-refractivity contribution >= 4 is 0 Å². The molecule has 0 N–H and O–H groups in total. The van der Waals surface area contributed by atoms with E-state index in [-0.39, 0.29) is 17.9 Å². The van der Waals surface area contributed by atoms with Gasteiger partial charge in [0.05, 0.1) is 6.10 Å². The molecule has 19 heavy (non-hydrogen) atoms. The van der Waals surface area contributed by atoms with Gasteiger partial charge >= 0.3 is 11.8 Å². The molecule has 3 fully saturated rings. The first kappa shape index (κ1) is 13.6. The second kappa shape index (κ2) is 4.07. The Morgan fingerprint density at radius 1 is 0.947 bits per heavy atom. The molecule has 2 nitrogen and oxygen atoms in total. The zero-order valence-corrected chi connectivity index (χ0v) is 10.9. The Hall–Kier alpha value is -0.360. The highest BCUT2D eigenvalue weighted by atomic mass is 19.3. The van der Waals surface area contributed by atoms with Crippen molar-refractivity contribution in [1.29, 1.82) is 0 Å². The lowest BCUT2D eigenvalue weighted by atomic mass is 9.80. The topological polar surface area (TPSA) is 18.5 Å². The lowest BCUT2D eigenvalue weighted by Gasteiger charge is -2.50. The van der Waals surface area contributed by atoms with Crippen LogP contribution in [0.2, 0.25) is 0 Å². The van der Waals surface area contributed by atoms with E-state index in [2.05, 4.69) is 4.74 Å². The van der Waals surface area contributed by atoms with Crippen LogP contribution >= 0.6 is 0 Å². The molecule has 0 aromatic carbocycles. The number of hydrogen-bond donors (Lipinski definition) is 0. The van der Waals surface area contributed by atoms with Crippen LogP contribution in [0, 0.1) is 17.8 Å². The molecule has 110 valence electrons. The second-order valence-electron chi connectivity index (χ2n) is 6.12. The van der Waals surface area contributed by atoms with Gasteiger partial charge < -0.3 is 9.47 Å². The minimum atomic E-state index is -4.13. The van der Waals surface area contributed by atoms with E-state index >= 15 is 0 Å². The predicted octanol–water partition coefficient (Wildman–Crippen LogP) is 3.11. The fourth-order valence-corrected chi connectivity index (χ4v) is 4.02. The molecule has 0 radical (unpaired) electrons. The minimum Gasteiger partial charge on any atom is -0.372 e. The first-order valence-corrected chi connectivity index (χ1v) is 6.74. The van der Waals surface area contributed by atoms with Crippen LogP contribution in [-0.4, -0.2) is 37.3 Å². The lowest BCUT2D eigenvalue weighted by molar-refractivity contribution is -0.404. The molecule has 0 spiro atoms. The van der Waals surface area contributed by atoms with E-state index in [0.29, 0.717) is 5.92 Å². The van der Waals surface area contributed by atoms with Crippen LogP contribution in [0.4, 0.5) is 17.6 Å². The van der Waals surface area contributed by atoms with Crippen LogP contribution in [-0.2, 0) is 9.47 Å². The Morgan fingerprint density at radius 3 is 2.05 bits per heavy atom. The van der Waals surface area contributed by atoms with E-state index in [1.807, 2.05) is 6.92 Å². The number of ether oxygens (including phenoxy) is 2. The summed E-state index contributed by atoms with van der Waals surface area (Å²) in [6, 6.07) is 0. The van der Waals surface area contributed by atoms with Gasteiger partial charge in [-0.2, -0.15) is 17.6 Å². The van der Waals surface area contributed by atoms with Gasteiger partial charge in [-0.1, -0.05) is 6.92 Å². The SMILES string of the molecule is COC1C(OC2C3CCC(C3)C2C)C(F)(F)C1(F)F. The number of hydrogen-bond acceptors (Lipinski definition) is 2. The van der Waals surface area contributed by atoms with Crippen LogP contribution in [0.15, 0.2) is 0 Å². The van der Waals surface area contributed by atoms with Crippen molar-refractivity contribution in [2.75, 3.05) is 7.11 Å². The van der Waals surface area contributed by atoms with Crippen molar-refractivity contribution in [1.82, 2.24) is 0 Å². The normalized spacial score (nSPS) is 50.2. The Bertz CT molecular complexity index is 372. The first-order chi connectivity index (χ1) is 8.80. The molecule has 0 aromatic heterocycles. The maximum Gasteiger partial charge on any atom is 0.341 e. The van der Waals surface area contributed by atoms with Gasteiger partial charge in [0.15, 0.2) is 12.2 Å². The van der Waals surface area contributed by atoms with E-state index < -0.39 is 24.1 Å². The molecule has 0 aliphatic heterocycles. The Balaban J connectivity index is 1.73. The molecule has 6 heteroatoms. The third-order valence-corrected chi connectivity index (χ3v) is 5.23. The van der Waals surface area contributed by atoms with Crippen LogP contribution in [0.3, 0.4) is 0 Å². The highest BCUT2D eigenvalue weighted by Crippen LogP contribution is 2.57. The lowest BCUT2D eigenvalue weighted by Crippen LogP contribution is -2.75. The molecule has 3 aliphatic rings. The molecular formula is C13H18F4O2. The smallest absolute Gasteiger partial charge is 0.341 e. The summed E-state index contributed by atoms with van der Waals surface area (Å²) in [5.41, 5.74) is 0. The van der Waals surface area contributed by atoms with Gasteiger partial charge in [0.2, 0.25) is 0 Å². The molecule has 3 rings (SSSR count). The molecule has 3 saturated carbocycles. The summed E-state index contributed by atoms with van der Waals surface area (Å²) in [5.74, 6) is -7.36. The molecule has 6 atom stereocenters. The summed E-state index contributed by atoms with van der Waals surface area (Å²) in [6.45, 7) is 1.96. The fraction of sp³-hybridized carbons (Fsp3) is 1.00. The van der Waals surface area contributed by atoms with E-state index in [1.54, 1.807) is 0 Å². The summed E-state index contributed by atoms with van der Waals surface area (Å²) < 4.78 is 63.4. The van der Waals surface area contributed by atoms with Gasteiger partial charge in [-0.3, -0.25) is 0 Å². The highest BCUT2D eigenvalue weighted by molar-refractivity contribution is 5.14. The van der Waals surface area contributed by atoms with Gasteiger partial charge in [0.25, 0.3) is 0 Å². The molecule has 0 amide bonds. The largest absolute Gasteiger partial charge is 0.372 e. The standard InChI is InChI=1S/C13H18F4O2/c1-6-7-3-4-8(5-7)9(6)19-11-10(18-2)12(14,15)13(11,16)17/h6-11H,3-5H2,1-2H3. The van der Waals surface area contributed by atoms with Crippen molar-refractivity contribution < 1.29 is 27.0 Å². The summed E-state index contributed by atoms with van der Waals surface area (Å²) in [6.07, 6.45) is -0.975. The van der Waals surface area contributed by atoms with E-state index in [4.69, 9.17) is 4.74 Å². The maximum atomic E-state index is 13.5. The molecular weight excluding hydrogens is 264 g/mol.